The van der Waals surface area contributed by atoms with Gasteiger partial charge in [0.1, 0.15) is 11.9 Å². The van der Waals surface area contributed by atoms with Crippen molar-refractivity contribution in [2.24, 2.45) is 0 Å². The van der Waals surface area contributed by atoms with E-state index in [0.717, 1.165) is 31.6 Å². The summed E-state index contributed by atoms with van der Waals surface area (Å²) in [5.74, 6) is 0.784. The van der Waals surface area contributed by atoms with Crippen LogP contribution in [0.3, 0.4) is 0 Å². The molecule has 0 bridgehead atoms. The van der Waals surface area contributed by atoms with Crippen LogP contribution in [0, 0.1) is 11.3 Å². The Bertz CT molecular complexity index is 565. The summed E-state index contributed by atoms with van der Waals surface area (Å²) in [7, 11) is 4.32. The summed E-state index contributed by atoms with van der Waals surface area (Å²) in [5.41, 5.74) is 3.36. The first-order valence-corrected chi connectivity index (χ1v) is 7.99. The summed E-state index contributed by atoms with van der Waals surface area (Å²) in [6.07, 6.45) is 8.32. The Hall–Kier alpha value is -1.60. The zero-order chi connectivity index (χ0) is 14.9. The Balaban J connectivity index is 1.80. The van der Waals surface area contributed by atoms with Crippen LogP contribution in [-0.4, -0.2) is 36.1 Å². The number of nitrogens with one attached hydrogen (secondary N) is 1. The molecule has 21 heavy (non-hydrogen) atoms. The average molecular weight is 284 g/mol. The van der Waals surface area contributed by atoms with Crippen LogP contribution < -0.4 is 5.32 Å². The summed E-state index contributed by atoms with van der Waals surface area (Å²) in [4.78, 5) is 7.06. The van der Waals surface area contributed by atoms with Crippen molar-refractivity contribution in [3.8, 4) is 6.07 Å². The van der Waals surface area contributed by atoms with Crippen LogP contribution in [0.25, 0.3) is 0 Å². The zero-order valence-electron chi connectivity index (χ0n) is 13.1. The van der Waals surface area contributed by atoms with Crippen molar-refractivity contribution >= 4 is 5.82 Å². The van der Waals surface area contributed by atoms with E-state index in [4.69, 9.17) is 4.98 Å². The van der Waals surface area contributed by atoms with Gasteiger partial charge in [-0.15, -0.1) is 0 Å². The van der Waals surface area contributed by atoms with E-state index in [1.807, 2.05) is 6.07 Å². The first-order valence-electron chi connectivity index (χ1n) is 7.99. The Labute approximate surface area is 127 Å². The summed E-state index contributed by atoms with van der Waals surface area (Å²) >= 11 is 0. The third kappa shape index (κ3) is 2.63. The highest BCUT2D eigenvalue weighted by Gasteiger charge is 2.36. The van der Waals surface area contributed by atoms with Crippen molar-refractivity contribution in [3.05, 3.63) is 22.9 Å². The van der Waals surface area contributed by atoms with Crippen molar-refractivity contribution < 1.29 is 0 Å². The third-order valence-electron chi connectivity index (χ3n) is 5.24. The number of hydrogen-bond donors (Lipinski definition) is 1. The molecular formula is C17H24N4. The van der Waals surface area contributed by atoms with Crippen LogP contribution in [0.15, 0.2) is 6.07 Å². The number of pyridine rings is 1. The Morgan fingerprint density at radius 3 is 2.71 bits per heavy atom. The molecular weight excluding hydrogens is 260 g/mol. The van der Waals surface area contributed by atoms with Crippen LogP contribution in [0.5, 0.6) is 0 Å². The normalized spacial score (nSPS) is 19.5. The minimum Gasteiger partial charge on any atom is -0.367 e. The van der Waals surface area contributed by atoms with E-state index in [0.29, 0.717) is 5.56 Å². The lowest BCUT2D eigenvalue weighted by Crippen LogP contribution is -2.47. The van der Waals surface area contributed by atoms with Gasteiger partial charge in [0.15, 0.2) is 0 Å². The van der Waals surface area contributed by atoms with Gasteiger partial charge in [0, 0.05) is 17.8 Å². The molecule has 2 aliphatic rings. The van der Waals surface area contributed by atoms with Gasteiger partial charge in [-0.3, -0.25) is 0 Å². The molecule has 0 aromatic carbocycles. The Morgan fingerprint density at radius 1 is 1.29 bits per heavy atom. The average Bonchev–Trinajstić information content (AvgIpc) is 3.13. The van der Waals surface area contributed by atoms with Gasteiger partial charge in [-0.2, -0.15) is 5.26 Å². The zero-order valence-corrected chi connectivity index (χ0v) is 13.1. The first-order chi connectivity index (χ1) is 10.1. The second-order valence-electron chi connectivity index (χ2n) is 6.64. The van der Waals surface area contributed by atoms with Crippen molar-refractivity contribution in [2.45, 2.75) is 50.5 Å². The number of aromatic nitrogens is 1. The van der Waals surface area contributed by atoms with Gasteiger partial charge in [-0.1, -0.05) is 12.8 Å². The fourth-order valence-corrected chi connectivity index (χ4v) is 3.76. The second-order valence-corrected chi connectivity index (χ2v) is 6.64. The minimum atomic E-state index is 0.216. The van der Waals surface area contributed by atoms with Crippen LogP contribution in [0.4, 0.5) is 5.82 Å². The van der Waals surface area contributed by atoms with Gasteiger partial charge < -0.3 is 10.2 Å². The van der Waals surface area contributed by atoms with E-state index < -0.39 is 0 Å². The molecule has 4 heteroatoms. The number of aryl methyl sites for hydroxylation is 2. The maximum atomic E-state index is 9.37. The number of fused-ring (bicyclic) bond motifs is 1. The number of hydrogen-bond acceptors (Lipinski definition) is 4. The maximum Gasteiger partial charge on any atom is 0.144 e. The quantitative estimate of drug-likeness (QED) is 0.923. The number of nitriles is 1. The maximum absolute atomic E-state index is 9.37. The fourth-order valence-electron chi connectivity index (χ4n) is 3.76. The molecule has 0 spiro atoms. The van der Waals surface area contributed by atoms with Gasteiger partial charge in [0.05, 0.1) is 5.56 Å². The molecule has 1 fully saturated rings. The van der Waals surface area contributed by atoms with Crippen LogP contribution in [0.1, 0.15) is 48.9 Å². The molecule has 0 radical (unpaired) electrons. The number of rotatable bonds is 4. The topological polar surface area (TPSA) is 52.0 Å². The van der Waals surface area contributed by atoms with Gasteiger partial charge in [-0.25, -0.2) is 4.98 Å². The SMILES string of the molecule is CN(C)C1(CNc2nc3c(cc2C#N)CCC3)CCCC1. The number of nitrogens with zero attached hydrogens (tertiary/aromatic N) is 3. The molecule has 2 aliphatic carbocycles. The molecule has 0 unspecified atom stereocenters. The fraction of sp³-hybridized carbons (Fsp3) is 0.647. The standard InChI is InChI=1S/C17H24N4/c1-21(2)17(8-3-4-9-17)12-19-16-14(11-18)10-13-6-5-7-15(13)20-16/h10H,3-9,12H2,1-2H3,(H,19,20). The van der Waals surface area contributed by atoms with Gasteiger partial charge in [-0.05, 0) is 57.8 Å². The van der Waals surface area contributed by atoms with Gasteiger partial charge in [0.2, 0.25) is 0 Å². The third-order valence-corrected chi connectivity index (χ3v) is 5.24. The molecule has 1 aromatic rings. The van der Waals surface area contributed by atoms with Gasteiger partial charge >= 0.3 is 0 Å². The highest BCUT2D eigenvalue weighted by Crippen LogP contribution is 2.34. The van der Waals surface area contributed by atoms with E-state index >= 15 is 0 Å². The minimum absolute atomic E-state index is 0.216. The Morgan fingerprint density at radius 2 is 2.05 bits per heavy atom. The summed E-state index contributed by atoms with van der Waals surface area (Å²) in [6, 6.07) is 4.34. The molecule has 0 saturated heterocycles. The van der Waals surface area contributed by atoms with Crippen LogP contribution >= 0.6 is 0 Å². The van der Waals surface area contributed by atoms with E-state index in [1.54, 1.807) is 0 Å². The summed E-state index contributed by atoms with van der Waals surface area (Å²) in [5, 5.41) is 12.9. The molecule has 112 valence electrons. The van der Waals surface area contributed by atoms with Crippen molar-refractivity contribution in [1.82, 2.24) is 9.88 Å². The smallest absolute Gasteiger partial charge is 0.144 e. The first kappa shape index (κ1) is 14.3. The summed E-state index contributed by atoms with van der Waals surface area (Å²) in [6.45, 7) is 0.875. The predicted molar refractivity (Wildman–Crippen MR) is 84.4 cm³/mol. The summed E-state index contributed by atoms with van der Waals surface area (Å²) < 4.78 is 0. The second kappa shape index (κ2) is 5.65. The highest BCUT2D eigenvalue weighted by atomic mass is 15.2. The molecule has 0 aliphatic heterocycles. The lowest BCUT2D eigenvalue weighted by atomic mass is 9.96. The molecule has 1 heterocycles. The van der Waals surface area contributed by atoms with Crippen molar-refractivity contribution in [3.63, 3.8) is 0 Å². The van der Waals surface area contributed by atoms with E-state index in [9.17, 15) is 5.26 Å². The number of likely N-dealkylation sites (N-methyl/N-ethyl adjacent to an activating group) is 1. The lowest BCUT2D eigenvalue weighted by molar-refractivity contribution is 0.172. The molecule has 3 rings (SSSR count). The Kier molecular flexibility index (Phi) is 3.86. The van der Waals surface area contributed by atoms with Crippen molar-refractivity contribution in [1.29, 1.82) is 5.26 Å². The van der Waals surface area contributed by atoms with Crippen LogP contribution in [0.2, 0.25) is 0 Å². The van der Waals surface area contributed by atoms with E-state index in [2.05, 4.69) is 30.4 Å². The molecule has 4 nitrogen and oxygen atoms in total. The van der Waals surface area contributed by atoms with E-state index in [-0.39, 0.29) is 5.54 Å². The monoisotopic (exact) mass is 284 g/mol. The van der Waals surface area contributed by atoms with E-state index in [1.165, 1.54) is 36.9 Å². The van der Waals surface area contributed by atoms with Crippen LogP contribution in [-0.2, 0) is 12.8 Å². The molecule has 1 aromatic heterocycles. The molecule has 0 atom stereocenters. The molecule has 0 amide bonds. The predicted octanol–water partition coefficient (Wildman–Crippen LogP) is 2.73. The largest absolute Gasteiger partial charge is 0.367 e. The van der Waals surface area contributed by atoms with Crippen molar-refractivity contribution in [2.75, 3.05) is 26.0 Å². The lowest BCUT2D eigenvalue weighted by Gasteiger charge is -2.36. The molecule has 1 N–H and O–H groups in total. The molecule has 1 saturated carbocycles. The van der Waals surface area contributed by atoms with Gasteiger partial charge in [0.25, 0.3) is 0 Å². The highest BCUT2D eigenvalue weighted by molar-refractivity contribution is 5.55. The number of anilines is 1.